The van der Waals surface area contributed by atoms with Crippen molar-refractivity contribution in [3.63, 3.8) is 0 Å². The van der Waals surface area contributed by atoms with Gasteiger partial charge in [0.05, 0.1) is 25.5 Å². The van der Waals surface area contributed by atoms with Gasteiger partial charge in [0.1, 0.15) is 0 Å². The highest BCUT2D eigenvalue weighted by atomic mass is 16.5. The lowest BCUT2D eigenvalue weighted by Crippen LogP contribution is -2.41. The zero-order valence-electron chi connectivity index (χ0n) is 13.8. The van der Waals surface area contributed by atoms with Crippen LogP contribution in [0.1, 0.15) is 12.0 Å². The number of aromatic nitrogens is 2. The number of morpholine rings is 1. The van der Waals surface area contributed by atoms with Gasteiger partial charge >= 0.3 is 0 Å². The molecule has 1 amide bonds. The van der Waals surface area contributed by atoms with Crippen molar-refractivity contribution < 1.29 is 9.53 Å². The Bertz CT molecular complexity index is 762. The van der Waals surface area contributed by atoms with Crippen LogP contribution >= 0.6 is 0 Å². The first-order valence-corrected chi connectivity index (χ1v) is 8.14. The van der Waals surface area contributed by atoms with E-state index in [1.54, 1.807) is 11.0 Å². The Morgan fingerprint density at radius 1 is 1.12 bits per heavy atom. The standard InChI is InChI=1S/C18H21N3O3/c1-14-2-4-15(5-3-14)16-6-7-18(23)21(19-16)9-8-17(22)20-10-12-24-13-11-20/h2-7H,8-13H2,1H3. The molecule has 6 heteroatoms. The summed E-state index contributed by atoms with van der Waals surface area (Å²) in [5.74, 6) is 0.0349. The van der Waals surface area contributed by atoms with Crippen molar-refractivity contribution in [3.05, 3.63) is 52.3 Å². The second-order valence-corrected chi connectivity index (χ2v) is 5.89. The summed E-state index contributed by atoms with van der Waals surface area (Å²) < 4.78 is 6.61. The van der Waals surface area contributed by atoms with Crippen molar-refractivity contribution in [2.75, 3.05) is 26.3 Å². The minimum atomic E-state index is -0.194. The van der Waals surface area contributed by atoms with Crippen molar-refractivity contribution in [1.82, 2.24) is 14.7 Å². The van der Waals surface area contributed by atoms with Gasteiger partial charge in [0.15, 0.2) is 0 Å². The largest absolute Gasteiger partial charge is 0.378 e. The number of hydrogen-bond acceptors (Lipinski definition) is 4. The lowest BCUT2D eigenvalue weighted by atomic mass is 10.1. The summed E-state index contributed by atoms with van der Waals surface area (Å²) in [5.41, 5.74) is 2.66. The minimum absolute atomic E-state index is 0.0349. The van der Waals surface area contributed by atoms with Crippen LogP contribution in [0.3, 0.4) is 0 Å². The zero-order chi connectivity index (χ0) is 16.9. The van der Waals surface area contributed by atoms with Crippen LogP contribution in [0.5, 0.6) is 0 Å². The number of rotatable bonds is 4. The maximum absolute atomic E-state index is 12.2. The van der Waals surface area contributed by atoms with Gasteiger partial charge in [-0.1, -0.05) is 29.8 Å². The number of nitrogens with zero attached hydrogens (tertiary/aromatic N) is 3. The van der Waals surface area contributed by atoms with Crippen LogP contribution in [-0.2, 0) is 16.1 Å². The molecule has 6 nitrogen and oxygen atoms in total. The van der Waals surface area contributed by atoms with Crippen LogP contribution in [0.4, 0.5) is 0 Å². The highest BCUT2D eigenvalue weighted by Crippen LogP contribution is 2.15. The molecule has 0 radical (unpaired) electrons. The molecule has 3 rings (SSSR count). The topological polar surface area (TPSA) is 64.4 Å². The van der Waals surface area contributed by atoms with E-state index in [9.17, 15) is 9.59 Å². The molecule has 0 spiro atoms. The predicted molar refractivity (Wildman–Crippen MR) is 90.7 cm³/mol. The molecule has 0 bridgehead atoms. The average molecular weight is 327 g/mol. The first kappa shape index (κ1) is 16.4. The number of carbonyl (C=O) groups excluding carboxylic acids is 1. The minimum Gasteiger partial charge on any atom is -0.378 e. The van der Waals surface area contributed by atoms with E-state index in [4.69, 9.17) is 4.74 Å². The van der Waals surface area contributed by atoms with Gasteiger partial charge in [-0.2, -0.15) is 5.10 Å². The van der Waals surface area contributed by atoms with Crippen LogP contribution in [0.2, 0.25) is 0 Å². The summed E-state index contributed by atoms with van der Waals surface area (Å²) in [6.07, 6.45) is 0.268. The van der Waals surface area contributed by atoms with E-state index in [0.717, 1.165) is 11.3 Å². The molecule has 0 N–H and O–H groups in total. The Balaban J connectivity index is 1.71. The van der Waals surface area contributed by atoms with E-state index in [1.165, 1.54) is 16.3 Å². The van der Waals surface area contributed by atoms with Crippen LogP contribution in [0.15, 0.2) is 41.2 Å². The monoisotopic (exact) mass is 327 g/mol. The Morgan fingerprint density at radius 3 is 2.54 bits per heavy atom. The van der Waals surface area contributed by atoms with E-state index in [1.807, 2.05) is 31.2 Å². The quantitative estimate of drug-likeness (QED) is 0.853. The summed E-state index contributed by atoms with van der Waals surface area (Å²) in [7, 11) is 0. The summed E-state index contributed by atoms with van der Waals surface area (Å²) in [6.45, 7) is 4.69. The van der Waals surface area contributed by atoms with Gasteiger partial charge < -0.3 is 9.64 Å². The van der Waals surface area contributed by atoms with Crippen LogP contribution in [0.25, 0.3) is 11.3 Å². The van der Waals surface area contributed by atoms with Crippen LogP contribution in [0, 0.1) is 6.92 Å². The Labute approximate surface area is 140 Å². The van der Waals surface area contributed by atoms with Crippen molar-refractivity contribution >= 4 is 5.91 Å². The summed E-state index contributed by atoms with van der Waals surface area (Å²) >= 11 is 0. The molecular formula is C18H21N3O3. The molecule has 0 unspecified atom stereocenters. The first-order valence-electron chi connectivity index (χ1n) is 8.14. The highest BCUT2D eigenvalue weighted by molar-refractivity contribution is 5.76. The molecule has 1 aromatic heterocycles. The summed E-state index contributed by atoms with van der Waals surface area (Å²) in [4.78, 5) is 26.0. The van der Waals surface area contributed by atoms with Gasteiger partial charge in [0, 0.05) is 31.1 Å². The SMILES string of the molecule is Cc1ccc(-c2ccc(=O)n(CCC(=O)N3CCOCC3)n2)cc1. The molecule has 1 saturated heterocycles. The lowest BCUT2D eigenvalue weighted by molar-refractivity contribution is -0.135. The molecule has 126 valence electrons. The number of amides is 1. The van der Waals surface area contributed by atoms with Gasteiger partial charge in [-0.15, -0.1) is 0 Å². The third kappa shape index (κ3) is 3.89. The molecule has 1 aliphatic rings. The molecule has 0 saturated carbocycles. The van der Waals surface area contributed by atoms with Crippen molar-refractivity contribution in [2.45, 2.75) is 19.9 Å². The van der Waals surface area contributed by atoms with Crippen LogP contribution in [-0.4, -0.2) is 46.9 Å². The fourth-order valence-electron chi connectivity index (χ4n) is 2.66. The van der Waals surface area contributed by atoms with E-state index in [2.05, 4.69) is 5.10 Å². The van der Waals surface area contributed by atoms with Gasteiger partial charge in [-0.25, -0.2) is 4.68 Å². The van der Waals surface area contributed by atoms with Gasteiger partial charge in [0.25, 0.3) is 5.56 Å². The van der Waals surface area contributed by atoms with E-state index in [-0.39, 0.29) is 24.4 Å². The molecule has 0 atom stereocenters. The number of benzene rings is 1. The number of ether oxygens (including phenoxy) is 1. The summed E-state index contributed by atoms with van der Waals surface area (Å²) in [6, 6.07) is 11.2. The molecule has 1 fully saturated rings. The second-order valence-electron chi connectivity index (χ2n) is 5.89. The van der Waals surface area contributed by atoms with Gasteiger partial charge in [-0.05, 0) is 13.0 Å². The molecule has 1 aromatic carbocycles. The van der Waals surface area contributed by atoms with E-state index >= 15 is 0 Å². The maximum Gasteiger partial charge on any atom is 0.266 e. The zero-order valence-corrected chi connectivity index (χ0v) is 13.8. The number of carbonyl (C=O) groups is 1. The first-order chi connectivity index (χ1) is 11.6. The molecular weight excluding hydrogens is 306 g/mol. The molecule has 1 aliphatic heterocycles. The Hall–Kier alpha value is -2.47. The van der Waals surface area contributed by atoms with Crippen molar-refractivity contribution in [3.8, 4) is 11.3 Å². The van der Waals surface area contributed by atoms with Crippen LogP contribution < -0.4 is 5.56 Å². The molecule has 2 aromatic rings. The smallest absolute Gasteiger partial charge is 0.266 e. The average Bonchev–Trinajstić information content (AvgIpc) is 2.62. The molecule has 2 heterocycles. The van der Waals surface area contributed by atoms with E-state index < -0.39 is 0 Å². The number of aryl methyl sites for hydroxylation is 2. The van der Waals surface area contributed by atoms with Crippen molar-refractivity contribution in [1.29, 1.82) is 0 Å². The fourth-order valence-corrected chi connectivity index (χ4v) is 2.66. The maximum atomic E-state index is 12.2. The molecule has 0 aliphatic carbocycles. The summed E-state index contributed by atoms with van der Waals surface area (Å²) in [5, 5.41) is 4.40. The third-order valence-corrected chi connectivity index (χ3v) is 4.12. The lowest BCUT2D eigenvalue weighted by Gasteiger charge is -2.26. The fraction of sp³-hybridized carbons (Fsp3) is 0.389. The third-order valence-electron chi connectivity index (χ3n) is 4.12. The molecule has 24 heavy (non-hydrogen) atoms. The second kappa shape index (κ2) is 7.40. The van der Waals surface area contributed by atoms with E-state index in [0.29, 0.717) is 26.3 Å². The van der Waals surface area contributed by atoms with Gasteiger partial charge in [-0.3, -0.25) is 9.59 Å². The normalized spacial score (nSPS) is 14.6. The number of hydrogen-bond donors (Lipinski definition) is 0. The predicted octanol–water partition coefficient (Wildman–Crippen LogP) is 1.47. The Morgan fingerprint density at radius 2 is 1.83 bits per heavy atom. The van der Waals surface area contributed by atoms with Gasteiger partial charge in [0.2, 0.25) is 5.91 Å². The highest BCUT2D eigenvalue weighted by Gasteiger charge is 2.16. The Kier molecular flexibility index (Phi) is 5.05. The van der Waals surface area contributed by atoms with Crippen molar-refractivity contribution in [2.24, 2.45) is 0 Å².